The lowest BCUT2D eigenvalue weighted by Crippen LogP contribution is -2.64. The minimum atomic E-state index is -1.39. The van der Waals surface area contributed by atoms with E-state index in [-0.39, 0.29) is 0 Å². The first-order valence-electron chi connectivity index (χ1n) is 3.68. The molecule has 0 aliphatic rings. The summed E-state index contributed by atoms with van der Waals surface area (Å²) in [4.78, 5) is 32.1. The van der Waals surface area contributed by atoms with Crippen molar-refractivity contribution in [1.29, 1.82) is 0 Å². The van der Waals surface area contributed by atoms with Crippen LogP contribution in [-0.2, 0) is 14.4 Å². The van der Waals surface area contributed by atoms with Gasteiger partial charge < -0.3 is 16.0 Å². The van der Waals surface area contributed by atoms with E-state index in [2.05, 4.69) is 16.0 Å². The summed E-state index contributed by atoms with van der Waals surface area (Å²) in [7, 11) is 1.41. The molecule has 0 aromatic carbocycles. The molecule has 0 aliphatic carbocycles. The summed E-state index contributed by atoms with van der Waals surface area (Å²) in [6, 6.07) is 0. The maximum absolute atomic E-state index is 11.2. The predicted molar refractivity (Wildman–Crippen MR) is 45.5 cm³/mol. The van der Waals surface area contributed by atoms with Gasteiger partial charge in [-0.25, -0.2) is 0 Å². The van der Waals surface area contributed by atoms with E-state index in [1.165, 1.54) is 20.9 Å². The van der Waals surface area contributed by atoms with Crippen molar-refractivity contribution < 1.29 is 14.4 Å². The molecule has 0 radical (unpaired) electrons. The monoisotopic (exact) mass is 187 g/mol. The van der Waals surface area contributed by atoms with E-state index in [1.54, 1.807) is 0 Å². The van der Waals surface area contributed by atoms with Crippen LogP contribution in [0, 0.1) is 0 Å². The van der Waals surface area contributed by atoms with Gasteiger partial charge in [-0.3, -0.25) is 14.4 Å². The van der Waals surface area contributed by atoms with Crippen LogP contribution in [0.4, 0.5) is 0 Å². The van der Waals surface area contributed by atoms with Crippen LogP contribution in [0.3, 0.4) is 0 Å². The van der Waals surface area contributed by atoms with Crippen molar-refractivity contribution in [3.05, 3.63) is 0 Å². The zero-order valence-corrected chi connectivity index (χ0v) is 7.80. The van der Waals surface area contributed by atoms with Gasteiger partial charge in [0.15, 0.2) is 5.66 Å². The zero-order valence-electron chi connectivity index (χ0n) is 7.80. The second kappa shape index (κ2) is 4.44. The Labute approximate surface area is 76.1 Å². The third-order valence-corrected chi connectivity index (χ3v) is 1.45. The largest absolute Gasteiger partial charge is 0.355 e. The number of amides is 3. The molecular formula is C7H13N3O3. The van der Waals surface area contributed by atoms with Crippen LogP contribution in [-0.4, -0.2) is 30.9 Å². The Morgan fingerprint density at radius 1 is 1.38 bits per heavy atom. The minimum absolute atomic E-state index is 0.352. The number of likely N-dealkylation sites (N-methyl/N-ethyl adjacent to an activating group) is 1. The van der Waals surface area contributed by atoms with Crippen LogP contribution in [0.5, 0.6) is 0 Å². The van der Waals surface area contributed by atoms with Gasteiger partial charge in [0.25, 0.3) is 5.91 Å². The Hall–Kier alpha value is -1.59. The van der Waals surface area contributed by atoms with Crippen molar-refractivity contribution >= 4 is 18.2 Å². The molecule has 0 heterocycles. The van der Waals surface area contributed by atoms with E-state index >= 15 is 0 Å². The molecule has 0 saturated carbocycles. The summed E-state index contributed by atoms with van der Waals surface area (Å²) >= 11 is 0. The standard InChI is InChI=1S/C7H13N3O3/c1-5(12)10-7(2,9-4-11)6(13)8-3/h4H,1-3H3,(H,8,13)(H,9,11)(H,10,12). The molecular weight excluding hydrogens is 174 g/mol. The van der Waals surface area contributed by atoms with Crippen LogP contribution in [0.1, 0.15) is 13.8 Å². The molecule has 6 heteroatoms. The normalized spacial score (nSPS) is 13.8. The molecule has 0 aliphatic heterocycles. The summed E-state index contributed by atoms with van der Waals surface area (Å²) in [5.41, 5.74) is -1.39. The second-order valence-electron chi connectivity index (χ2n) is 2.65. The fourth-order valence-electron chi connectivity index (χ4n) is 0.878. The average molecular weight is 187 g/mol. The summed E-state index contributed by atoms with van der Waals surface area (Å²) in [5, 5.41) is 6.85. The van der Waals surface area contributed by atoms with E-state index in [0.717, 1.165) is 0 Å². The lowest BCUT2D eigenvalue weighted by atomic mass is 10.2. The van der Waals surface area contributed by atoms with Gasteiger partial charge in [-0.15, -0.1) is 0 Å². The van der Waals surface area contributed by atoms with Crippen LogP contribution < -0.4 is 16.0 Å². The minimum Gasteiger partial charge on any atom is -0.355 e. The van der Waals surface area contributed by atoms with Gasteiger partial charge >= 0.3 is 0 Å². The number of nitrogens with one attached hydrogen (secondary N) is 3. The van der Waals surface area contributed by atoms with Crippen molar-refractivity contribution in [2.45, 2.75) is 19.5 Å². The van der Waals surface area contributed by atoms with E-state index < -0.39 is 17.5 Å². The summed E-state index contributed by atoms with van der Waals surface area (Å²) in [6.45, 7) is 2.65. The maximum atomic E-state index is 11.2. The van der Waals surface area contributed by atoms with Crippen molar-refractivity contribution in [1.82, 2.24) is 16.0 Å². The Bertz CT molecular complexity index is 229. The lowest BCUT2D eigenvalue weighted by molar-refractivity contribution is -0.134. The van der Waals surface area contributed by atoms with Gasteiger partial charge in [0.05, 0.1) is 0 Å². The molecule has 0 saturated heterocycles. The third-order valence-electron chi connectivity index (χ3n) is 1.45. The Balaban J connectivity index is 4.60. The highest BCUT2D eigenvalue weighted by atomic mass is 16.2. The fraction of sp³-hybridized carbons (Fsp3) is 0.571. The molecule has 0 aromatic rings. The van der Waals surface area contributed by atoms with E-state index in [1.807, 2.05) is 0 Å². The first kappa shape index (κ1) is 11.4. The summed E-state index contributed by atoms with van der Waals surface area (Å²) < 4.78 is 0. The summed E-state index contributed by atoms with van der Waals surface area (Å²) in [6.07, 6.45) is 0.352. The van der Waals surface area contributed by atoms with Crippen LogP contribution in [0.25, 0.3) is 0 Å². The smallest absolute Gasteiger partial charge is 0.266 e. The van der Waals surface area contributed by atoms with Crippen LogP contribution >= 0.6 is 0 Å². The van der Waals surface area contributed by atoms with Gasteiger partial charge in [-0.05, 0) is 6.92 Å². The number of hydrogen-bond donors (Lipinski definition) is 3. The molecule has 0 aromatic heterocycles. The van der Waals surface area contributed by atoms with Crippen molar-refractivity contribution in [3.63, 3.8) is 0 Å². The van der Waals surface area contributed by atoms with Crippen LogP contribution in [0.2, 0.25) is 0 Å². The number of rotatable bonds is 4. The molecule has 0 spiro atoms. The molecule has 13 heavy (non-hydrogen) atoms. The molecule has 3 amide bonds. The highest BCUT2D eigenvalue weighted by Crippen LogP contribution is 1.96. The average Bonchev–Trinajstić information content (AvgIpc) is 2.02. The highest BCUT2D eigenvalue weighted by Gasteiger charge is 2.32. The Morgan fingerprint density at radius 3 is 2.23 bits per heavy atom. The van der Waals surface area contributed by atoms with Gasteiger partial charge in [-0.2, -0.15) is 0 Å². The molecule has 74 valence electrons. The Morgan fingerprint density at radius 2 is 1.92 bits per heavy atom. The molecule has 3 N–H and O–H groups in total. The van der Waals surface area contributed by atoms with E-state index in [4.69, 9.17) is 0 Å². The molecule has 1 atom stereocenters. The van der Waals surface area contributed by atoms with Crippen molar-refractivity contribution in [2.75, 3.05) is 7.05 Å². The third kappa shape index (κ3) is 3.10. The van der Waals surface area contributed by atoms with Crippen molar-refractivity contribution in [3.8, 4) is 0 Å². The molecule has 1 unspecified atom stereocenters. The van der Waals surface area contributed by atoms with Gasteiger partial charge in [0.2, 0.25) is 12.3 Å². The van der Waals surface area contributed by atoms with Gasteiger partial charge in [0.1, 0.15) is 0 Å². The topological polar surface area (TPSA) is 87.3 Å². The SMILES string of the molecule is CNC(=O)C(C)(NC=O)NC(C)=O. The zero-order chi connectivity index (χ0) is 10.5. The number of carbonyl (C=O) groups excluding carboxylic acids is 3. The highest BCUT2D eigenvalue weighted by molar-refractivity contribution is 5.91. The van der Waals surface area contributed by atoms with Gasteiger partial charge in [-0.1, -0.05) is 0 Å². The first-order valence-corrected chi connectivity index (χ1v) is 3.68. The number of carbonyl (C=O) groups is 3. The van der Waals surface area contributed by atoms with Crippen LogP contribution in [0.15, 0.2) is 0 Å². The fourth-order valence-corrected chi connectivity index (χ4v) is 0.878. The lowest BCUT2D eigenvalue weighted by Gasteiger charge is -2.27. The second-order valence-corrected chi connectivity index (χ2v) is 2.65. The van der Waals surface area contributed by atoms with E-state index in [9.17, 15) is 14.4 Å². The molecule has 0 fully saturated rings. The molecule has 0 rings (SSSR count). The molecule has 6 nitrogen and oxygen atoms in total. The first-order chi connectivity index (χ1) is 5.96. The summed E-state index contributed by atoms with van der Waals surface area (Å²) in [5.74, 6) is -0.893. The van der Waals surface area contributed by atoms with Gasteiger partial charge in [0, 0.05) is 14.0 Å². The van der Waals surface area contributed by atoms with Crippen molar-refractivity contribution in [2.24, 2.45) is 0 Å². The molecule has 0 bridgehead atoms. The quantitative estimate of drug-likeness (QED) is 0.363. The van der Waals surface area contributed by atoms with E-state index in [0.29, 0.717) is 6.41 Å². The number of hydrogen-bond acceptors (Lipinski definition) is 3. The Kier molecular flexibility index (Phi) is 3.90. The maximum Gasteiger partial charge on any atom is 0.266 e. The predicted octanol–water partition coefficient (Wildman–Crippen LogP) is -1.67.